The van der Waals surface area contributed by atoms with Crippen molar-refractivity contribution in [2.45, 2.75) is 12.5 Å². The fourth-order valence-corrected chi connectivity index (χ4v) is 2.91. The third kappa shape index (κ3) is 4.50. The van der Waals surface area contributed by atoms with Gasteiger partial charge >= 0.3 is 0 Å². The maximum absolute atomic E-state index is 14.4. The summed E-state index contributed by atoms with van der Waals surface area (Å²) in [6.45, 7) is 0. The number of rotatable bonds is 6. The van der Waals surface area contributed by atoms with E-state index in [1.165, 1.54) is 12.1 Å². The van der Waals surface area contributed by atoms with E-state index in [-0.39, 0.29) is 12.0 Å². The molecule has 0 amide bonds. The zero-order valence-corrected chi connectivity index (χ0v) is 14.9. The molecule has 3 nitrogen and oxygen atoms in total. The van der Waals surface area contributed by atoms with E-state index in [1.807, 2.05) is 54.6 Å². The molecule has 3 aromatic carbocycles. The minimum Gasteiger partial charge on any atom is -0.548 e. The van der Waals surface area contributed by atoms with Crippen LogP contribution in [0.2, 0.25) is 0 Å². The smallest absolute Gasteiger partial charge is 0.133 e. The van der Waals surface area contributed by atoms with Crippen LogP contribution in [0.25, 0.3) is 16.7 Å². The van der Waals surface area contributed by atoms with Gasteiger partial charge in [0.05, 0.1) is 5.97 Å². The summed E-state index contributed by atoms with van der Waals surface area (Å²) in [6, 6.07) is 19.2. The molecular weight excluding hydrogens is 360 g/mol. The topological polar surface area (TPSA) is 66.2 Å². The molecule has 1 unspecified atom stereocenters. The van der Waals surface area contributed by atoms with E-state index in [4.69, 9.17) is 5.73 Å². The van der Waals surface area contributed by atoms with Crippen molar-refractivity contribution in [1.82, 2.24) is 0 Å². The highest BCUT2D eigenvalue weighted by molar-refractivity contribution is 5.82. The lowest BCUT2D eigenvalue weighted by atomic mass is 9.93. The van der Waals surface area contributed by atoms with Crippen molar-refractivity contribution < 1.29 is 18.7 Å². The lowest BCUT2D eigenvalue weighted by Gasteiger charge is -2.14. The maximum Gasteiger partial charge on any atom is 0.133 e. The van der Waals surface area contributed by atoms with Crippen molar-refractivity contribution in [1.29, 1.82) is 0 Å². The molecule has 0 bridgehead atoms. The molecule has 142 valence electrons. The number of hydrogen-bond donors (Lipinski definition) is 1. The van der Waals surface area contributed by atoms with Gasteiger partial charge < -0.3 is 15.6 Å². The van der Waals surface area contributed by atoms with Gasteiger partial charge in [-0.25, -0.2) is 8.78 Å². The Hall–Kier alpha value is -3.31. The molecule has 0 fully saturated rings. The molecule has 3 rings (SSSR count). The third-order valence-corrected chi connectivity index (χ3v) is 4.40. The van der Waals surface area contributed by atoms with Crippen molar-refractivity contribution in [3.05, 3.63) is 102 Å². The van der Waals surface area contributed by atoms with Crippen molar-refractivity contribution in [3.8, 4) is 11.1 Å². The van der Waals surface area contributed by atoms with Crippen LogP contribution in [-0.2, 0) is 4.79 Å². The van der Waals surface area contributed by atoms with Crippen LogP contribution < -0.4 is 10.8 Å². The average Bonchev–Trinajstić information content (AvgIpc) is 2.70. The zero-order chi connectivity index (χ0) is 20.1. The Morgan fingerprint density at radius 2 is 1.61 bits per heavy atom. The minimum atomic E-state index is -1.39. The quantitative estimate of drug-likeness (QED) is 0.714. The number of carboxylic acids is 1. The van der Waals surface area contributed by atoms with Gasteiger partial charge in [0, 0.05) is 17.7 Å². The molecular formula is C23H18F2NO2-. The van der Waals surface area contributed by atoms with Crippen LogP contribution >= 0.6 is 0 Å². The van der Waals surface area contributed by atoms with Crippen molar-refractivity contribution in [2.75, 3.05) is 0 Å². The highest BCUT2D eigenvalue weighted by Gasteiger charge is 2.13. The largest absolute Gasteiger partial charge is 0.548 e. The molecule has 1 atom stereocenters. The number of aliphatic carboxylic acids is 1. The molecule has 28 heavy (non-hydrogen) atoms. The second kappa shape index (κ2) is 8.59. The normalized spacial score (nSPS) is 12.6. The molecule has 5 heteroatoms. The first-order chi connectivity index (χ1) is 13.5. The minimum absolute atomic E-state index is 0.0467. The zero-order valence-electron chi connectivity index (χ0n) is 14.9. The molecule has 0 aliphatic heterocycles. The van der Waals surface area contributed by atoms with Gasteiger partial charge in [0.25, 0.3) is 0 Å². The fourth-order valence-electron chi connectivity index (χ4n) is 2.91. The number of nitrogens with two attached hydrogens (primary N) is 1. The molecule has 0 saturated carbocycles. The van der Waals surface area contributed by atoms with Crippen LogP contribution in [-0.4, -0.2) is 12.0 Å². The second-order valence-electron chi connectivity index (χ2n) is 6.35. The molecule has 3 aromatic rings. The van der Waals surface area contributed by atoms with E-state index >= 15 is 0 Å². The summed E-state index contributed by atoms with van der Waals surface area (Å²) in [5, 5.41) is 10.9. The number of benzene rings is 3. The fraction of sp³-hybridized carbons (Fsp3) is 0.0870. The summed E-state index contributed by atoms with van der Waals surface area (Å²) >= 11 is 0. The third-order valence-electron chi connectivity index (χ3n) is 4.40. The van der Waals surface area contributed by atoms with E-state index in [0.29, 0.717) is 11.1 Å². The predicted molar refractivity (Wildman–Crippen MR) is 103 cm³/mol. The van der Waals surface area contributed by atoms with Gasteiger partial charge in [0.15, 0.2) is 0 Å². The Labute approximate surface area is 161 Å². The van der Waals surface area contributed by atoms with Gasteiger partial charge in [0.1, 0.15) is 11.6 Å². The van der Waals surface area contributed by atoms with Crippen molar-refractivity contribution in [3.63, 3.8) is 0 Å². The highest BCUT2D eigenvalue weighted by Crippen LogP contribution is 2.29. The molecule has 2 N–H and O–H groups in total. The van der Waals surface area contributed by atoms with Gasteiger partial charge in [-0.1, -0.05) is 60.7 Å². The summed E-state index contributed by atoms with van der Waals surface area (Å²) in [7, 11) is 0. The Bertz CT molecular complexity index is 999. The van der Waals surface area contributed by atoms with Gasteiger partial charge in [-0.15, -0.1) is 0 Å². The van der Waals surface area contributed by atoms with Crippen LogP contribution in [0.3, 0.4) is 0 Å². The van der Waals surface area contributed by atoms with Crippen LogP contribution in [0.4, 0.5) is 8.78 Å². The first-order valence-electron chi connectivity index (χ1n) is 8.73. The SMILES string of the molecule is NC(C/C=C(/c1ccc(-c2ccccc2)cc1)c1ccc(F)cc1F)C(=O)[O-]. The second-order valence-corrected chi connectivity index (χ2v) is 6.35. The maximum atomic E-state index is 14.4. The summed E-state index contributed by atoms with van der Waals surface area (Å²) in [6.07, 6.45) is 1.49. The first-order valence-corrected chi connectivity index (χ1v) is 8.73. The van der Waals surface area contributed by atoms with E-state index in [0.717, 1.165) is 23.3 Å². The van der Waals surface area contributed by atoms with Gasteiger partial charge in [-0.2, -0.15) is 0 Å². The van der Waals surface area contributed by atoms with Crippen LogP contribution in [0.1, 0.15) is 17.5 Å². The number of carbonyl (C=O) groups is 1. The number of hydrogen-bond acceptors (Lipinski definition) is 3. The summed E-state index contributed by atoms with van der Waals surface area (Å²) in [5.74, 6) is -2.82. The Morgan fingerprint density at radius 1 is 0.964 bits per heavy atom. The lowest BCUT2D eigenvalue weighted by Crippen LogP contribution is -2.41. The van der Waals surface area contributed by atoms with Crippen LogP contribution in [0.15, 0.2) is 78.9 Å². The summed E-state index contributed by atoms with van der Waals surface area (Å²) in [4.78, 5) is 10.9. The van der Waals surface area contributed by atoms with E-state index in [1.54, 1.807) is 0 Å². The molecule has 0 saturated heterocycles. The monoisotopic (exact) mass is 378 g/mol. The molecule has 0 radical (unpaired) electrons. The van der Waals surface area contributed by atoms with E-state index in [9.17, 15) is 18.7 Å². The summed E-state index contributed by atoms with van der Waals surface area (Å²) < 4.78 is 27.7. The van der Waals surface area contributed by atoms with Gasteiger partial charge in [-0.05, 0) is 40.8 Å². The number of halogens is 2. The Kier molecular flexibility index (Phi) is 5.96. The predicted octanol–water partition coefficient (Wildman–Crippen LogP) is 3.53. The van der Waals surface area contributed by atoms with E-state index in [2.05, 4.69) is 0 Å². The van der Waals surface area contributed by atoms with E-state index < -0.39 is 23.6 Å². The molecule has 0 aliphatic rings. The van der Waals surface area contributed by atoms with Gasteiger partial charge in [-0.3, -0.25) is 0 Å². The standard InChI is InChI=1S/C23H19F2NO2/c24-18-10-11-20(21(25)14-18)19(12-13-22(26)23(27)28)17-8-6-16(7-9-17)15-4-2-1-3-5-15/h1-12,14,22H,13,26H2,(H,27,28)/p-1/b19-12-. The average molecular weight is 378 g/mol. The number of carbonyl (C=O) groups excluding carboxylic acids is 1. The van der Waals surface area contributed by atoms with Crippen molar-refractivity contribution >= 4 is 11.5 Å². The first kappa shape index (κ1) is 19.5. The van der Waals surface area contributed by atoms with Crippen LogP contribution in [0, 0.1) is 11.6 Å². The Balaban J connectivity index is 2.01. The highest BCUT2D eigenvalue weighted by atomic mass is 19.1. The molecule has 0 aromatic heterocycles. The van der Waals surface area contributed by atoms with Crippen LogP contribution in [0.5, 0.6) is 0 Å². The molecule has 0 aliphatic carbocycles. The van der Waals surface area contributed by atoms with Crippen molar-refractivity contribution in [2.24, 2.45) is 5.73 Å². The Morgan fingerprint density at radius 3 is 2.21 bits per heavy atom. The molecule has 0 spiro atoms. The van der Waals surface area contributed by atoms with Gasteiger partial charge in [0.2, 0.25) is 0 Å². The lowest BCUT2D eigenvalue weighted by molar-refractivity contribution is -0.307. The summed E-state index contributed by atoms with van der Waals surface area (Å²) in [5.41, 5.74) is 8.81. The number of carboxylic acid groups (broad SMARTS) is 1. The molecule has 0 heterocycles.